The lowest BCUT2D eigenvalue weighted by Gasteiger charge is -2.08. The second kappa shape index (κ2) is 7.17. The average Bonchev–Trinajstić information content (AvgIpc) is 2.62. The molecule has 0 aromatic heterocycles. The van der Waals surface area contributed by atoms with E-state index in [1.807, 2.05) is 54.6 Å². The molecule has 0 aliphatic rings. The minimum Gasteiger partial charge on any atom is -0.478 e. The minimum absolute atomic E-state index is 0.181. The van der Waals surface area contributed by atoms with E-state index in [1.165, 1.54) is 12.1 Å². The summed E-state index contributed by atoms with van der Waals surface area (Å²) in [5.41, 5.74) is 1.84. The van der Waals surface area contributed by atoms with Crippen LogP contribution >= 0.6 is 0 Å². The van der Waals surface area contributed by atoms with Crippen LogP contribution in [0.4, 0.5) is 0 Å². The topological polar surface area (TPSA) is 46.5 Å². The fraction of sp³-hybridized carbons (Fsp3) is 0. The Morgan fingerprint density at radius 2 is 1.58 bits per heavy atom. The molecule has 0 unspecified atom stereocenters. The van der Waals surface area contributed by atoms with Gasteiger partial charge in [0.2, 0.25) is 0 Å². The molecule has 0 radical (unpaired) electrons. The highest BCUT2D eigenvalue weighted by Crippen LogP contribution is 2.25. The monoisotopic (exact) mass is 314 g/mol. The van der Waals surface area contributed by atoms with Crippen LogP contribution in [0.25, 0.3) is 0 Å². The highest BCUT2D eigenvalue weighted by molar-refractivity contribution is 5.88. The molecule has 3 aromatic carbocycles. The third-order valence-electron chi connectivity index (χ3n) is 3.31. The van der Waals surface area contributed by atoms with Gasteiger partial charge in [-0.25, -0.2) is 4.79 Å². The van der Waals surface area contributed by atoms with Crippen LogP contribution in [0.5, 0.6) is 11.5 Å². The lowest BCUT2D eigenvalue weighted by molar-refractivity contribution is 0.0696. The van der Waals surface area contributed by atoms with Gasteiger partial charge in [-0.15, -0.1) is 0 Å². The summed E-state index contributed by atoms with van der Waals surface area (Å²) in [4.78, 5) is 11.1. The molecule has 3 rings (SSSR count). The molecule has 3 nitrogen and oxygen atoms in total. The number of carbonyl (C=O) groups is 1. The van der Waals surface area contributed by atoms with Crippen molar-refractivity contribution in [2.75, 3.05) is 0 Å². The van der Waals surface area contributed by atoms with Crippen molar-refractivity contribution in [3.63, 3.8) is 0 Å². The van der Waals surface area contributed by atoms with E-state index in [4.69, 9.17) is 9.84 Å². The first-order valence-corrected chi connectivity index (χ1v) is 7.40. The highest BCUT2D eigenvalue weighted by Gasteiger charge is 2.06. The van der Waals surface area contributed by atoms with Gasteiger partial charge in [-0.1, -0.05) is 48.2 Å². The standard InChI is InChI=1S/C21H14O3/c22-21(23)18-10-6-11-19(15-18)24-20-12-5-4-9-17(20)14-13-16-7-2-1-3-8-16/h1-12,15H,(H,22,23). The summed E-state index contributed by atoms with van der Waals surface area (Å²) in [6.45, 7) is 0. The Hall–Kier alpha value is -3.51. The summed E-state index contributed by atoms with van der Waals surface area (Å²) < 4.78 is 5.82. The van der Waals surface area contributed by atoms with Crippen molar-refractivity contribution in [1.82, 2.24) is 0 Å². The molecule has 24 heavy (non-hydrogen) atoms. The molecule has 3 heteroatoms. The van der Waals surface area contributed by atoms with E-state index in [0.717, 1.165) is 11.1 Å². The Balaban J connectivity index is 1.89. The summed E-state index contributed by atoms with van der Waals surface area (Å²) >= 11 is 0. The van der Waals surface area contributed by atoms with Gasteiger partial charge in [0.15, 0.2) is 0 Å². The summed E-state index contributed by atoms with van der Waals surface area (Å²) in [5.74, 6) is 6.25. The number of para-hydroxylation sites is 1. The van der Waals surface area contributed by atoms with E-state index < -0.39 is 5.97 Å². The minimum atomic E-state index is -0.988. The molecule has 0 aliphatic carbocycles. The SMILES string of the molecule is O=C(O)c1cccc(Oc2ccccc2C#Cc2ccccc2)c1. The average molecular weight is 314 g/mol. The van der Waals surface area contributed by atoms with Crippen molar-refractivity contribution >= 4 is 5.97 Å². The zero-order valence-corrected chi connectivity index (χ0v) is 12.8. The lowest BCUT2D eigenvalue weighted by atomic mass is 10.1. The Morgan fingerprint density at radius 1 is 0.833 bits per heavy atom. The number of hydrogen-bond donors (Lipinski definition) is 1. The first-order chi connectivity index (χ1) is 11.7. The van der Waals surface area contributed by atoms with Crippen molar-refractivity contribution in [1.29, 1.82) is 0 Å². The van der Waals surface area contributed by atoms with E-state index in [0.29, 0.717) is 11.5 Å². The van der Waals surface area contributed by atoms with Crippen LogP contribution in [0.1, 0.15) is 21.5 Å². The molecule has 0 saturated carbocycles. The highest BCUT2D eigenvalue weighted by atomic mass is 16.5. The largest absolute Gasteiger partial charge is 0.478 e. The van der Waals surface area contributed by atoms with Gasteiger partial charge in [-0.2, -0.15) is 0 Å². The molecule has 116 valence electrons. The predicted octanol–water partition coefficient (Wildman–Crippen LogP) is 4.58. The van der Waals surface area contributed by atoms with Gasteiger partial charge in [-0.3, -0.25) is 0 Å². The second-order valence-electron chi connectivity index (χ2n) is 5.05. The predicted molar refractivity (Wildman–Crippen MR) is 92.3 cm³/mol. The van der Waals surface area contributed by atoms with Crippen LogP contribution in [0, 0.1) is 11.8 Å². The molecule has 0 bridgehead atoms. The molecular formula is C21H14O3. The molecule has 3 aromatic rings. The number of ether oxygens (including phenoxy) is 1. The zero-order chi connectivity index (χ0) is 16.8. The van der Waals surface area contributed by atoms with E-state index in [1.54, 1.807) is 12.1 Å². The normalized spacial score (nSPS) is 9.67. The third-order valence-corrected chi connectivity index (χ3v) is 3.31. The van der Waals surface area contributed by atoms with E-state index >= 15 is 0 Å². The first-order valence-electron chi connectivity index (χ1n) is 7.40. The first kappa shape index (κ1) is 15.4. The molecular weight excluding hydrogens is 300 g/mol. The second-order valence-corrected chi connectivity index (χ2v) is 5.05. The van der Waals surface area contributed by atoms with Crippen LogP contribution in [0.15, 0.2) is 78.9 Å². The van der Waals surface area contributed by atoms with Gasteiger partial charge >= 0.3 is 5.97 Å². The molecule has 0 amide bonds. The van der Waals surface area contributed by atoms with Gasteiger partial charge in [0.1, 0.15) is 11.5 Å². The quantitative estimate of drug-likeness (QED) is 0.720. The van der Waals surface area contributed by atoms with Crippen LogP contribution in [-0.2, 0) is 0 Å². The maximum atomic E-state index is 11.1. The Labute approximate surface area is 140 Å². The van der Waals surface area contributed by atoms with Crippen molar-refractivity contribution in [3.8, 4) is 23.3 Å². The summed E-state index contributed by atoms with van der Waals surface area (Å²) in [7, 11) is 0. The molecule has 0 spiro atoms. The number of rotatable bonds is 3. The Morgan fingerprint density at radius 3 is 2.38 bits per heavy atom. The number of aromatic carboxylic acids is 1. The van der Waals surface area contributed by atoms with Gasteiger partial charge in [0, 0.05) is 5.56 Å². The van der Waals surface area contributed by atoms with E-state index in [9.17, 15) is 4.79 Å². The lowest BCUT2D eigenvalue weighted by Crippen LogP contribution is -1.96. The summed E-state index contributed by atoms with van der Waals surface area (Å²) in [6.07, 6.45) is 0. The van der Waals surface area contributed by atoms with Gasteiger partial charge in [0.05, 0.1) is 11.1 Å². The third kappa shape index (κ3) is 3.82. The van der Waals surface area contributed by atoms with Crippen molar-refractivity contribution < 1.29 is 14.6 Å². The van der Waals surface area contributed by atoms with E-state index in [-0.39, 0.29) is 5.56 Å². The van der Waals surface area contributed by atoms with Gasteiger partial charge in [0.25, 0.3) is 0 Å². The summed E-state index contributed by atoms with van der Waals surface area (Å²) in [5, 5.41) is 9.06. The fourth-order valence-corrected chi connectivity index (χ4v) is 2.14. The number of benzene rings is 3. The van der Waals surface area contributed by atoms with Crippen LogP contribution in [-0.4, -0.2) is 11.1 Å². The Kier molecular flexibility index (Phi) is 4.60. The smallest absolute Gasteiger partial charge is 0.335 e. The van der Waals surface area contributed by atoms with Gasteiger partial charge < -0.3 is 9.84 Å². The number of hydrogen-bond acceptors (Lipinski definition) is 2. The molecule has 0 heterocycles. The van der Waals surface area contributed by atoms with Crippen LogP contribution < -0.4 is 4.74 Å². The fourth-order valence-electron chi connectivity index (χ4n) is 2.14. The van der Waals surface area contributed by atoms with Crippen molar-refractivity contribution in [3.05, 3.63) is 95.6 Å². The summed E-state index contributed by atoms with van der Waals surface area (Å²) in [6, 6.07) is 23.5. The number of carboxylic acids is 1. The number of carboxylic acid groups (broad SMARTS) is 1. The van der Waals surface area contributed by atoms with Gasteiger partial charge in [-0.05, 0) is 42.5 Å². The molecule has 1 N–H and O–H groups in total. The molecule has 0 atom stereocenters. The van der Waals surface area contributed by atoms with Crippen LogP contribution in [0.2, 0.25) is 0 Å². The molecule has 0 aliphatic heterocycles. The maximum absolute atomic E-state index is 11.1. The molecule has 0 saturated heterocycles. The maximum Gasteiger partial charge on any atom is 0.335 e. The van der Waals surface area contributed by atoms with Crippen LogP contribution in [0.3, 0.4) is 0 Å². The Bertz CT molecular complexity index is 918. The van der Waals surface area contributed by atoms with E-state index in [2.05, 4.69) is 11.8 Å². The zero-order valence-electron chi connectivity index (χ0n) is 12.8. The van der Waals surface area contributed by atoms with Crippen molar-refractivity contribution in [2.24, 2.45) is 0 Å². The van der Waals surface area contributed by atoms with Crippen molar-refractivity contribution in [2.45, 2.75) is 0 Å². The molecule has 0 fully saturated rings.